The highest BCUT2D eigenvalue weighted by Gasteiger charge is 2.43. The maximum Gasteiger partial charge on any atom is 0.208 e. The van der Waals surface area contributed by atoms with E-state index in [9.17, 15) is 8.42 Å². The van der Waals surface area contributed by atoms with Gasteiger partial charge in [-0.1, -0.05) is 0 Å². The van der Waals surface area contributed by atoms with E-state index in [1.54, 1.807) is 6.20 Å². The summed E-state index contributed by atoms with van der Waals surface area (Å²) in [4.78, 5) is 6.70. The number of hydrogen-bond acceptors (Lipinski definition) is 6. The molecule has 0 aliphatic carbocycles. The van der Waals surface area contributed by atoms with Crippen molar-refractivity contribution in [3.63, 3.8) is 0 Å². The van der Waals surface area contributed by atoms with Gasteiger partial charge in [0.2, 0.25) is 10.0 Å². The predicted octanol–water partition coefficient (Wildman–Crippen LogP) is -0.281. The fraction of sp³-hybridized carbons (Fsp3) is 0.800. The van der Waals surface area contributed by atoms with E-state index in [1.165, 1.54) is 6.26 Å². The van der Waals surface area contributed by atoms with Gasteiger partial charge in [-0.3, -0.25) is 4.90 Å². The molecule has 0 bridgehead atoms. The zero-order chi connectivity index (χ0) is 17.2. The largest absolute Gasteiger partial charge is 0.377 e. The monoisotopic (exact) mass is 358 g/mol. The molecule has 2 fully saturated rings. The van der Waals surface area contributed by atoms with E-state index in [2.05, 4.69) is 14.6 Å². The summed E-state index contributed by atoms with van der Waals surface area (Å²) in [5, 5.41) is 0. The summed E-state index contributed by atoms with van der Waals surface area (Å²) in [5.41, 5.74) is -0.356. The number of nitrogens with zero attached hydrogens (tertiary/aromatic N) is 3. The molecule has 136 valence electrons. The van der Waals surface area contributed by atoms with Crippen molar-refractivity contribution in [3.8, 4) is 0 Å². The Morgan fingerprint density at radius 1 is 1.50 bits per heavy atom. The Balaban J connectivity index is 1.61. The number of ether oxygens (including phenoxy) is 2. The molecule has 0 amide bonds. The van der Waals surface area contributed by atoms with E-state index in [0.29, 0.717) is 19.8 Å². The third-order valence-electron chi connectivity index (χ3n) is 4.63. The minimum Gasteiger partial charge on any atom is -0.377 e. The molecule has 0 unspecified atom stereocenters. The van der Waals surface area contributed by atoms with Gasteiger partial charge in [-0.15, -0.1) is 0 Å². The highest BCUT2D eigenvalue weighted by molar-refractivity contribution is 7.88. The van der Waals surface area contributed by atoms with Crippen molar-refractivity contribution >= 4 is 10.0 Å². The first-order valence-corrected chi connectivity index (χ1v) is 10.1. The Hall–Kier alpha value is -1.00. The van der Waals surface area contributed by atoms with Crippen LogP contribution in [0.5, 0.6) is 0 Å². The van der Waals surface area contributed by atoms with Gasteiger partial charge in [0.25, 0.3) is 0 Å². The Morgan fingerprint density at radius 3 is 3.04 bits per heavy atom. The predicted molar refractivity (Wildman–Crippen MR) is 89.0 cm³/mol. The third kappa shape index (κ3) is 4.54. The lowest BCUT2D eigenvalue weighted by Crippen LogP contribution is -2.45. The molecule has 3 rings (SSSR count). The summed E-state index contributed by atoms with van der Waals surface area (Å²) in [6, 6.07) is 0. The molecule has 24 heavy (non-hydrogen) atoms. The zero-order valence-electron chi connectivity index (χ0n) is 14.3. The topological polar surface area (TPSA) is 85.7 Å². The molecule has 0 radical (unpaired) electrons. The molecule has 1 spiro atoms. The third-order valence-corrected chi connectivity index (χ3v) is 5.32. The van der Waals surface area contributed by atoms with Crippen molar-refractivity contribution < 1.29 is 17.9 Å². The van der Waals surface area contributed by atoms with Gasteiger partial charge in [-0.2, -0.15) is 0 Å². The molecule has 2 atom stereocenters. The van der Waals surface area contributed by atoms with Crippen LogP contribution in [-0.2, 0) is 33.1 Å². The van der Waals surface area contributed by atoms with Crippen LogP contribution in [0.3, 0.4) is 0 Å². The lowest BCUT2D eigenvalue weighted by Gasteiger charge is -2.31. The number of imidazole rings is 1. The van der Waals surface area contributed by atoms with E-state index >= 15 is 0 Å². The number of sulfonamides is 1. The fourth-order valence-electron chi connectivity index (χ4n) is 3.37. The van der Waals surface area contributed by atoms with E-state index in [-0.39, 0.29) is 11.7 Å². The maximum atomic E-state index is 11.3. The van der Waals surface area contributed by atoms with Crippen LogP contribution in [0.4, 0.5) is 0 Å². The molecule has 2 aliphatic rings. The van der Waals surface area contributed by atoms with Gasteiger partial charge in [0.05, 0.1) is 32.1 Å². The SMILES string of the molecule is Cn1ccnc1CN1CCOC[C@]2(CC[C@@H](CNS(C)(=O)=O)O2)C1. The first-order valence-electron chi connectivity index (χ1n) is 8.24. The zero-order valence-corrected chi connectivity index (χ0v) is 15.1. The smallest absolute Gasteiger partial charge is 0.208 e. The van der Waals surface area contributed by atoms with Gasteiger partial charge in [0, 0.05) is 39.1 Å². The molecule has 1 aromatic heterocycles. The van der Waals surface area contributed by atoms with E-state index in [4.69, 9.17) is 9.47 Å². The van der Waals surface area contributed by atoms with E-state index < -0.39 is 10.0 Å². The molecule has 3 heterocycles. The van der Waals surface area contributed by atoms with Crippen molar-refractivity contribution in [2.75, 3.05) is 39.1 Å². The highest BCUT2D eigenvalue weighted by atomic mass is 32.2. The van der Waals surface area contributed by atoms with E-state index in [0.717, 1.165) is 38.3 Å². The maximum absolute atomic E-state index is 11.3. The van der Waals surface area contributed by atoms with Gasteiger partial charge in [-0.25, -0.2) is 18.1 Å². The molecule has 1 N–H and O–H groups in total. The number of aromatic nitrogens is 2. The first-order chi connectivity index (χ1) is 11.4. The second kappa shape index (κ2) is 7.09. The fourth-order valence-corrected chi connectivity index (χ4v) is 3.86. The van der Waals surface area contributed by atoms with E-state index in [1.807, 2.05) is 17.8 Å². The van der Waals surface area contributed by atoms with Crippen molar-refractivity contribution in [2.24, 2.45) is 7.05 Å². The quantitative estimate of drug-likeness (QED) is 0.779. The number of rotatable bonds is 5. The van der Waals surface area contributed by atoms with Crippen molar-refractivity contribution in [3.05, 3.63) is 18.2 Å². The normalized spacial score (nSPS) is 29.2. The summed E-state index contributed by atoms with van der Waals surface area (Å²) in [5.74, 6) is 1.01. The van der Waals surface area contributed by atoms with Crippen LogP contribution in [0.1, 0.15) is 18.7 Å². The lowest BCUT2D eigenvalue weighted by molar-refractivity contribution is -0.0845. The average Bonchev–Trinajstić information content (AvgIpc) is 3.02. The molecular formula is C15H26N4O4S. The molecule has 2 aliphatic heterocycles. The van der Waals surface area contributed by atoms with Crippen LogP contribution in [0, 0.1) is 0 Å². The number of nitrogens with one attached hydrogen (secondary N) is 1. The second-order valence-corrected chi connectivity index (χ2v) is 8.63. The van der Waals surface area contributed by atoms with Crippen LogP contribution in [0.25, 0.3) is 0 Å². The Labute approximate surface area is 143 Å². The molecular weight excluding hydrogens is 332 g/mol. The van der Waals surface area contributed by atoms with Crippen LogP contribution < -0.4 is 4.72 Å². The van der Waals surface area contributed by atoms with Crippen LogP contribution >= 0.6 is 0 Å². The summed E-state index contributed by atoms with van der Waals surface area (Å²) in [6.45, 7) is 3.91. The summed E-state index contributed by atoms with van der Waals surface area (Å²) in [7, 11) is -1.20. The number of aryl methyl sites for hydroxylation is 1. The minimum absolute atomic E-state index is 0.101. The van der Waals surface area contributed by atoms with Crippen LogP contribution in [-0.4, -0.2) is 73.7 Å². The van der Waals surface area contributed by atoms with Crippen molar-refractivity contribution in [1.29, 1.82) is 0 Å². The van der Waals surface area contributed by atoms with Crippen molar-refractivity contribution in [1.82, 2.24) is 19.2 Å². The first kappa shape index (κ1) is 17.8. The van der Waals surface area contributed by atoms with Gasteiger partial charge in [0.15, 0.2) is 0 Å². The van der Waals surface area contributed by atoms with Crippen molar-refractivity contribution in [2.45, 2.75) is 31.1 Å². The standard InChI is InChI=1S/C15H26N4O4S/c1-18-6-5-16-14(18)10-19-7-8-22-12-15(11-19)4-3-13(23-15)9-17-24(2,20)21/h5-6,13,17H,3-4,7-12H2,1-2H3/t13-,15-/m0/s1. The highest BCUT2D eigenvalue weighted by Crippen LogP contribution is 2.33. The van der Waals surface area contributed by atoms with Gasteiger partial charge in [-0.05, 0) is 12.8 Å². The second-order valence-electron chi connectivity index (χ2n) is 6.80. The van der Waals surface area contributed by atoms with Crippen LogP contribution in [0.15, 0.2) is 12.4 Å². The molecule has 2 saturated heterocycles. The number of hydrogen-bond donors (Lipinski definition) is 1. The summed E-state index contributed by atoms with van der Waals surface area (Å²) in [6.07, 6.45) is 6.52. The van der Waals surface area contributed by atoms with Crippen LogP contribution in [0.2, 0.25) is 0 Å². The molecule has 1 aromatic rings. The minimum atomic E-state index is -3.19. The Kier molecular flexibility index (Phi) is 5.26. The molecule has 9 heteroatoms. The summed E-state index contributed by atoms with van der Waals surface area (Å²) < 4.78 is 39.1. The van der Waals surface area contributed by atoms with Gasteiger partial charge >= 0.3 is 0 Å². The average molecular weight is 358 g/mol. The molecule has 0 aromatic carbocycles. The molecule has 0 saturated carbocycles. The molecule has 8 nitrogen and oxygen atoms in total. The lowest BCUT2D eigenvalue weighted by atomic mass is 10.00. The Morgan fingerprint density at radius 2 is 2.33 bits per heavy atom. The Bertz CT molecular complexity index is 662. The van der Waals surface area contributed by atoms with Gasteiger partial charge < -0.3 is 14.0 Å². The summed E-state index contributed by atoms with van der Waals surface area (Å²) >= 11 is 0. The van der Waals surface area contributed by atoms with Gasteiger partial charge in [0.1, 0.15) is 11.4 Å².